The van der Waals surface area contributed by atoms with Gasteiger partial charge in [0.1, 0.15) is 5.76 Å². The predicted octanol–water partition coefficient (Wildman–Crippen LogP) is 2.84. The maximum absolute atomic E-state index is 11.9. The van der Waals surface area contributed by atoms with E-state index in [1.165, 1.54) is 16.4 Å². The van der Waals surface area contributed by atoms with Gasteiger partial charge in [-0.2, -0.15) is 0 Å². The predicted molar refractivity (Wildman–Crippen MR) is 98.5 cm³/mol. The number of hydrogen-bond acceptors (Lipinski definition) is 7. The molecular weight excluding hydrogens is 408 g/mol. The average Bonchev–Trinajstić information content (AvgIpc) is 3.14. The zero-order valence-electron chi connectivity index (χ0n) is 13.3. The molecule has 0 spiro atoms. The maximum Gasteiger partial charge on any atom is 0.226 e. The van der Waals surface area contributed by atoms with Crippen molar-refractivity contribution in [2.45, 2.75) is 18.5 Å². The smallest absolute Gasteiger partial charge is 0.226 e. The summed E-state index contributed by atoms with van der Waals surface area (Å²) >= 11 is 4.83. The van der Waals surface area contributed by atoms with Gasteiger partial charge in [0.2, 0.25) is 11.1 Å². The van der Waals surface area contributed by atoms with E-state index < -0.39 is 0 Å². The van der Waals surface area contributed by atoms with Crippen LogP contribution in [-0.2, 0) is 4.79 Å². The van der Waals surface area contributed by atoms with Gasteiger partial charge >= 0.3 is 0 Å². The molecule has 0 bridgehead atoms. The number of nitrogens with zero attached hydrogens (tertiary/aromatic N) is 4. The summed E-state index contributed by atoms with van der Waals surface area (Å²) < 4.78 is 7.20. The van der Waals surface area contributed by atoms with Crippen LogP contribution in [0, 0.1) is 6.92 Å². The lowest BCUT2D eigenvalue weighted by atomic mass is 10.2. The first kappa shape index (κ1) is 17.5. The Hall–Kier alpha value is -2.33. The van der Waals surface area contributed by atoms with E-state index in [-0.39, 0.29) is 12.3 Å². The van der Waals surface area contributed by atoms with Gasteiger partial charge in [0, 0.05) is 28.3 Å². The van der Waals surface area contributed by atoms with E-state index in [0.29, 0.717) is 28.3 Å². The molecule has 0 saturated carbocycles. The summed E-state index contributed by atoms with van der Waals surface area (Å²) in [6, 6.07) is 9.28. The summed E-state index contributed by atoms with van der Waals surface area (Å²) in [5.41, 5.74) is 0.850. The van der Waals surface area contributed by atoms with Crippen molar-refractivity contribution < 1.29 is 9.32 Å². The van der Waals surface area contributed by atoms with Crippen LogP contribution >= 0.6 is 27.7 Å². The van der Waals surface area contributed by atoms with Crippen molar-refractivity contribution in [2.24, 2.45) is 0 Å². The van der Waals surface area contributed by atoms with Gasteiger partial charge in [-0.05, 0) is 19.1 Å². The maximum atomic E-state index is 11.9. The van der Waals surface area contributed by atoms with Crippen LogP contribution in [0.5, 0.6) is 0 Å². The number of anilines is 1. The Morgan fingerprint density at radius 2 is 2.20 bits per heavy atom. The van der Waals surface area contributed by atoms with E-state index in [1.54, 1.807) is 13.0 Å². The zero-order chi connectivity index (χ0) is 17.8. The lowest BCUT2D eigenvalue weighted by Gasteiger charge is -2.05. The molecule has 0 unspecified atom stereocenters. The molecule has 130 valence electrons. The van der Waals surface area contributed by atoms with Gasteiger partial charge in [-0.1, -0.05) is 45.0 Å². The summed E-state index contributed by atoms with van der Waals surface area (Å²) in [7, 11) is 0. The van der Waals surface area contributed by atoms with Gasteiger partial charge < -0.3 is 15.7 Å². The average molecular weight is 423 g/mol. The fourth-order valence-corrected chi connectivity index (χ4v) is 3.32. The van der Waals surface area contributed by atoms with Crippen LogP contribution < -0.4 is 11.2 Å². The molecule has 2 aromatic heterocycles. The zero-order valence-corrected chi connectivity index (χ0v) is 15.7. The molecule has 25 heavy (non-hydrogen) atoms. The molecule has 0 atom stereocenters. The van der Waals surface area contributed by atoms with Gasteiger partial charge in [0.25, 0.3) is 0 Å². The van der Waals surface area contributed by atoms with Gasteiger partial charge in [0.15, 0.2) is 11.6 Å². The van der Waals surface area contributed by atoms with E-state index in [9.17, 15) is 4.79 Å². The Labute approximate surface area is 156 Å². The molecule has 3 N–H and O–H groups in total. The highest BCUT2D eigenvalue weighted by molar-refractivity contribution is 9.10. The first-order chi connectivity index (χ1) is 12.0. The Balaban J connectivity index is 1.57. The number of rotatable bonds is 6. The summed E-state index contributed by atoms with van der Waals surface area (Å²) in [4.78, 5) is 11.9. The summed E-state index contributed by atoms with van der Waals surface area (Å²) in [5.74, 6) is 8.03. The molecule has 10 heteroatoms. The molecule has 0 saturated heterocycles. The highest BCUT2D eigenvalue weighted by Gasteiger charge is 2.15. The topological polar surface area (TPSA) is 112 Å². The molecule has 0 aliphatic carbocycles. The van der Waals surface area contributed by atoms with E-state index in [1.807, 2.05) is 24.3 Å². The van der Waals surface area contributed by atoms with Crippen LogP contribution in [0.4, 0.5) is 5.82 Å². The van der Waals surface area contributed by atoms with Crippen LogP contribution in [0.2, 0.25) is 0 Å². The molecule has 3 aromatic rings. The highest BCUT2D eigenvalue weighted by atomic mass is 79.9. The minimum Gasteiger partial charge on any atom is -0.360 e. The number of amides is 1. The summed E-state index contributed by atoms with van der Waals surface area (Å²) in [6.07, 6.45) is 0.286. The van der Waals surface area contributed by atoms with Crippen molar-refractivity contribution >= 4 is 39.4 Å². The molecule has 0 aliphatic heterocycles. The second kappa shape index (κ2) is 7.70. The van der Waals surface area contributed by atoms with Crippen LogP contribution in [0.1, 0.15) is 12.2 Å². The number of aryl methyl sites for hydroxylation is 1. The molecule has 0 fully saturated rings. The van der Waals surface area contributed by atoms with Crippen molar-refractivity contribution in [2.75, 3.05) is 16.9 Å². The highest BCUT2D eigenvalue weighted by Crippen LogP contribution is 2.28. The quantitative estimate of drug-likeness (QED) is 0.463. The Morgan fingerprint density at radius 3 is 2.92 bits per heavy atom. The fourth-order valence-electron chi connectivity index (χ4n) is 2.07. The molecular formula is C15H15BrN6O2S. The van der Waals surface area contributed by atoms with E-state index in [4.69, 9.17) is 10.4 Å². The normalized spacial score (nSPS) is 10.8. The first-order valence-electron chi connectivity index (χ1n) is 7.36. The third kappa shape index (κ3) is 4.20. The second-order valence-electron chi connectivity index (χ2n) is 5.13. The van der Waals surface area contributed by atoms with Crippen LogP contribution in [0.25, 0.3) is 11.4 Å². The molecule has 2 heterocycles. The molecule has 8 nitrogen and oxygen atoms in total. The first-order valence-corrected chi connectivity index (χ1v) is 9.14. The van der Waals surface area contributed by atoms with Gasteiger partial charge in [-0.25, -0.2) is 4.68 Å². The Bertz CT molecular complexity index is 894. The molecule has 1 aromatic carbocycles. The van der Waals surface area contributed by atoms with Crippen molar-refractivity contribution in [3.63, 3.8) is 0 Å². The minimum absolute atomic E-state index is 0.157. The molecule has 0 radical (unpaired) electrons. The number of carbonyl (C=O) groups excluding carboxylic acids is 1. The lowest BCUT2D eigenvalue weighted by molar-refractivity contribution is -0.115. The van der Waals surface area contributed by atoms with Crippen LogP contribution in [0.3, 0.4) is 0 Å². The van der Waals surface area contributed by atoms with Gasteiger partial charge in [0.05, 0.1) is 0 Å². The van der Waals surface area contributed by atoms with Crippen molar-refractivity contribution in [3.05, 3.63) is 40.6 Å². The number of halogens is 1. The largest absolute Gasteiger partial charge is 0.360 e. The number of nitrogen functional groups attached to an aromatic ring is 1. The molecule has 1 amide bonds. The van der Waals surface area contributed by atoms with Crippen LogP contribution in [0.15, 0.2) is 44.5 Å². The number of hydrogen-bond donors (Lipinski definition) is 2. The Kier molecular flexibility index (Phi) is 5.39. The molecule has 3 rings (SSSR count). The summed E-state index contributed by atoms with van der Waals surface area (Å²) in [5, 5.41) is 15.1. The van der Waals surface area contributed by atoms with Gasteiger partial charge in [-0.15, -0.1) is 10.2 Å². The van der Waals surface area contributed by atoms with E-state index >= 15 is 0 Å². The number of thioether (sulfide) groups is 1. The van der Waals surface area contributed by atoms with Crippen LogP contribution in [-0.4, -0.2) is 31.7 Å². The van der Waals surface area contributed by atoms with Crippen molar-refractivity contribution in [1.82, 2.24) is 20.0 Å². The number of nitrogens with two attached hydrogens (primary N) is 1. The minimum atomic E-state index is -0.157. The second-order valence-corrected chi connectivity index (χ2v) is 7.04. The standard InChI is InChI=1S/C15H15BrN6O2S/c1-9-8-12(21-24-9)18-13(23)6-7-25-15-20-19-14(22(15)17)10-4-2-3-5-11(10)16/h2-5,8H,6-7,17H2,1H3,(H,18,21,23). The van der Waals surface area contributed by atoms with Crippen molar-refractivity contribution in [1.29, 1.82) is 0 Å². The SMILES string of the molecule is Cc1cc(NC(=O)CCSc2nnc(-c3ccccc3Br)n2N)no1. The Morgan fingerprint density at radius 1 is 1.40 bits per heavy atom. The van der Waals surface area contributed by atoms with Crippen molar-refractivity contribution in [3.8, 4) is 11.4 Å². The third-order valence-electron chi connectivity index (χ3n) is 3.24. The third-order valence-corrected chi connectivity index (χ3v) is 4.87. The van der Waals surface area contributed by atoms with E-state index in [0.717, 1.165) is 10.0 Å². The summed E-state index contributed by atoms with van der Waals surface area (Å²) in [6.45, 7) is 1.76. The molecule has 0 aliphatic rings. The van der Waals surface area contributed by atoms with E-state index in [2.05, 4.69) is 36.6 Å². The number of nitrogens with one attached hydrogen (secondary N) is 1. The van der Waals surface area contributed by atoms with Gasteiger partial charge in [-0.3, -0.25) is 4.79 Å². The number of carbonyl (C=O) groups is 1. The monoisotopic (exact) mass is 422 g/mol. The number of aromatic nitrogens is 4. The fraction of sp³-hybridized carbons (Fsp3) is 0.200. The lowest BCUT2D eigenvalue weighted by Crippen LogP contribution is -2.14. The number of benzene rings is 1.